The van der Waals surface area contributed by atoms with E-state index in [1.807, 2.05) is 55.7 Å². The van der Waals surface area contributed by atoms with Crippen molar-refractivity contribution in [2.45, 2.75) is 52.5 Å². The van der Waals surface area contributed by atoms with Crippen LogP contribution < -0.4 is 10.6 Å². The maximum atomic E-state index is 13.4. The predicted octanol–water partition coefficient (Wildman–Crippen LogP) is 6.19. The van der Waals surface area contributed by atoms with Crippen LogP contribution in [0.25, 0.3) is 11.1 Å². The van der Waals surface area contributed by atoms with E-state index in [0.29, 0.717) is 35.8 Å². The van der Waals surface area contributed by atoms with Crippen LogP contribution in [-0.4, -0.2) is 50.6 Å². The minimum atomic E-state index is -0.258. The van der Waals surface area contributed by atoms with Crippen LogP contribution in [0.5, 0.6) is 0 Å². The Morgan fingerprint density at radius 2 is 1.63 bits per heavy atom. The molecule has 1 aliphatic heterocycles. The molecule has 2 aromatic carbocycles. The zero-order valence-electron chi connectivity index (χ0n) is 24.4. The standard InChI is InChI=1S/C33H38N6O2/c1-21(2)36-31-13-12-28(19-34-31)32(40)37-30-18-27(7-6-22(30)3)33(41)39-16-14-25(15-17-39)24-8-10-26(11-9-24)29-20-35-38(5)23(29)4/h6-13,18-21,25H,14-17H2,1-5H3,(H,34,36)(H,37,40). The maximum absolute atomic E-state index is 13.4. The number of aromatic nitrogens is 3. The highest BCUT2D eigenvalue weighted by Crippen LogP contribution is 2.31. The fourth-order valence-electron chi connectivity index (χ4n) is 5.31. The fraction of sp³-hybridized carbons (Fsp3) is 0.333. The van der Waals surface area contributed by atoms with Crippen LogP contribution in [0, 0.1) is 13.8 Å². The lowest BCUT2D eigenvalue weighted by atomic mass is 9.88. The summed E-state index contributed by atoms with van der Waals surface area (Å²) in [4.78, 5) is 32.6. The molecule has 0 radical (unpaired) electrons. The normalized spacial score (nSPS) is 13.9. The smallest absolute Gasteiger partial charge is 0.257 e. The van der Waals surface area contributed by atoms with Gasteiger partial charge in [-0.05, 0) is 87.4 Å². The second-order valence-electron chi connectivity index (χ2n) is 11.2. The summed E-state index contributed by atoms with van der Waals surface area (Å²) in [5.74, 6) is 0.881. The van der Waals surface area contributed by atoms with E-state index < -0.39 is 0 Å². The van der Waals surface area contributed by atoms with Crippen molar-refractivity contribution < 1.29 is 9.59 Å². The Labute approximate surface area is 241 Å². The van der Waals surface area contributed by atoms with Gasteiger partial charge >= 0.3 is 0 Å². The second-order valence-corrected chi connectivity index (χ2v) is 11.2. The number of aryl methyl sites for hydroxylation is 2. The van der Waals surface area contributed by atoms with E-state index in [4.69, 9.17) is 0 Å². The van der Waals surface area contributed by atoms with Gasteiger partial charge in [-0.1, -0.05) is 30.3 Å². The van der Waals surface area contributed by atoms with E-state index in [2.05, 4.69) is 51.9 Å². The number of piperidine rings is 1. The molecule has 5 rings (SSSR count). The number of anilines is 2. The van der Waals surface area contributed by atoms with Gasteiger partial charge in [0.25, 0.3) is 11.8 Å². The first-order valence-electron chi connectivity index (χ1n) is 14.2. The SMILES string of the molecule is Cc1ccc(C(=O)N2CCC(c3ccc(-c4cnn(C)c4C)cc3)CC2)cc1NC(=O)c1ccc(NC(C)C)nc1. The molecule has 2 amide bonds. The van der Waals surface area contributed by atoms with Crippen molar-refractivity contribution in [2.75, 3.05) is 23.7 Å². The number of nitrogens with one attached hydrogen (secondary N) is 2. The molecular formula is C33H38N6O2. The molecule has 2 aromatic heterocycles. The summed E-state index contributed by atoms with van der Waals surface area (Å²) in [7, 11) is 1.96. The molecule has 41 heavy (non-hydrogen) atoms. The van der Waals surface area contributed by atoms with Gasteiger partial charge in [0.05, 0.1) is 11.8 Å². The molecule has 1 fully saturated rings. The van der Waals surface area contributed by atoms with Crippen LogP contribution in [0.2, 0.25) is 0 Å². The number of hydrogen-bond donors (Lipinski definition) is 2. The van der Waals surface area contributed by atoms with Gasteiger partial charge in [0, 0.05) is 54.9 Å². The molecule has 0 aliphatic carbocycles. The fourth-order valence-corrected chi connectivity index (χ4v) is 5.31. The second kappa shape index (κ2) is 12.0. The molecular weight excluding hydrogens is 512 g/mol. The lowest BCUT2D eigenvalue weighted by Gasteiger charge is -2.32. The van der Waals surface area contributed by atoms with Crippen molar-refractivity contribution in [2.24, 2.45) is 7.05 Å². The van der Waals surface area contributed by atoms with Crippen molar-refractivity contribution in [1.82, 2.24) is 19.7 Å². The number of carbonyl (C=O) groups excluding carboxylic acids is 2. The number of hydrogen-bond acceptors (Lipinski definition) is 5. The Morgan fingerprint density at radius 3 is 2.24 bits per heavy atom. The van der Waals surface area contributed by atoms with E-state index >= 15 is 0 Å². The summed E-state index contributed by atoms with van der Waals surface area (Å²) < 4.78 is 1.89. The minimum absolute atomic E-state index is 0.00729. The monoisotopic (exact) mass is 550 g/mol. The summed E-state index contributed by atoms with van der Waals surface area (Å²) in [5, 5.41) is 10.5. The third-order valence-corrected chi connectivity index (χ3v) is 7.91. The zero-order valence-corrected chi connectivity index (χ0v) is 24.4. The van der Waals surface area contributed by atoms with Crippen LogP contribution in [0.4, 0.5) is 11.5 Å². The molecule has 1 saturated heterocycles. The number of nitrogens with zero attached hydrogens (tertiary/aromatic N) is 4. The summed E-state index contributed by atoms with van der Waals surface area (Å²) in [5.41, 5.74) is 7.34. The molecule has 0 spiro atoms. The Balaban J connectivity index is 1.20. The number of carbonyl (C=O) groups is 2. The molecule has 0 saturated carbocycles. The third-order valence-electron chi connectivity index (χ3n) is 7.91. The number of likely N-dealkylation sites (tertiary alicyclic amines) is 1. The molecule has 4 aromatic rings. The van der Waals surface area contributed by atoms with E-state index in [-0.39, 0.29) is 17.9 Å². The average Bonchev–Trinajstić information content (AvgIpc) is 3.31. The van der Waals surface area contributed by atoms with Crippen LogP contribution in [0.15, 0.2) is 67.0 Å². The summed E-state index contributed by atoms with van der Waals surface area (Å²) in [6, 6.07) is 18.1. The summed E-state index contributed by atoms with van der Waals surface area (Å²) in [6.45, 7) is 9.46. The number of amides is 2. The molecule has 0 unspecified atom stereocenters. The molecule has 0 bridgehead atoms. The van der Waals surface area contributed by atoms with Gasteiger partial charge in [-0.25, -0.2) is 4.98 Å². The quantitative estimate of drug-likeness (QED) is 0.286. The maximum Gasteiger partial charge on any atom is 0.257 e. The van der Waals surface area contributed by atoms with E-state index in [0.717, 1.165) is 35.5 Å². The molecule has 8 nitrogen and oxygen atoms in total. The third kappa shape index (κ3) is 6.32. The van der Waals surface area contributed by atoms with Crippen molar-refractivity contribution in [1.29, 1.82) is 0 Å². The lowest BCUT2D eigenvalue weighted by Crippen LogP contribution is -2.38. The van der Waals surface area contributed by atoms with Gasteiger partial charge in [-0.15, -0.1) is 0 Å². The molecule has 0 atom stereocenters. The van der Waals surface area contributed by atoms with E-state index in [9.17, 15) is 9.59 Å². The lowest BCUT2D eigenvalue weighted by molar-refractivity contribution is 0.0712. The molecule has 3 heterocycles. The van der Waals surface area contributed by atoms with Crippen molar-refractivity contribution in [3.8, 4) is 11.1 Å². The van der Waals surface area contributed by atoms with Gasteiger partial charge in [0.1, 0.15) is 5.82 Å². The zero-order chi connectivity index (χ0) is 29.1. The summed E-state index contributed by atoms with van der Waals surface area (Å²) in [6.07, 6.45) is 5.31. The first-order chi connectivity index (χ1) is 19.7. The van der Waals surface area contributed by atoms with Crippen LogP contribution in [0.1, 0.15) is 70.1 Å². The molecule has 1 aliphatic rings. The van der Waals surface area contributed by atoms with Crippen LogP contribution >= 0.6 is 0 Å². The van der Waals surface area contributed by atoms with Gasteiger partial charge < -0.3 is 15.5 Å². The highest BCUT2D eigenvalue weighted by molar-refractivity contribution is 6.05. The van der Waals surface area contributed by atoms with Gasteiger partial charge in [0.2, 0.25) is 0 Å². The highest BCUT2D eigenvalue weighted by Gasteiger charge is 2.25. The Bertz CT molecular complexity index is 1530. The van der Waals surface area contributed by atoms with E-state index in [1.165, 1.54) is 11.1 Å². The molecule has 212 valence electrons. The van der Waals surface area contributed by atoms with Crippen molar-refractivity contribution >= 4 is 23.3 Å². The summed E-state index contributed by atoms with van der Waals surface area (Å²) >= 11 is 0. The topological polar surface area (TPSA) is 92.2 Å². The number of benzene rings is 2. The molecule has 2 N–H and O–H groups in total. The number of rotatable bonds is 7. The number of pyridine rings is 1. The Hall–Kier alpha value is -4.46. The minimum Gasteiger partial charge on any atom is -0.368 e. The average molecular weight is 551 g/mol. The predicted molar refractivity (Wildman–Crippen MR) is 163 cm³/mol. The van der Waals surface area contributed by atoms with Crippen molar-refractivity contribution in [3.05, 3.63) is 94.9 Å². The largest absolute Gasteiger partial charge is 0.368 e. The van der Waals surface area contributed by atoms with E-state index in [1.54, 1.807) is 24.4 Å². The van der Waals surface area contributed by atoms with Crippen LogP contribution in [-0.2, 0) is 7.05 Å². The van der Waals surface area contributed by atoms with Gasteiger partial charge in [-0.3, -0.25) is 14.3 Å². The highest BCUT2D eigenvalue weighted by atomic mass is 16.2. The van der Waals surface area contributed by atoms with Gasteiger partial charge in [0.15, 0.2) is 0 Å². The van der Waals surface area contributed by atoms with Crippen LogP contribution in [0.3, 0.4) is 0 Å². The Morgan fingerprint density at radius 1 is 0.927 bits per heavy atom. The first-order valence-corrected chi connectivity index (χ1v) is 14.2. The van der Waals surface area contributed by atoms with Crippen molar-refractivity contribution in [3.63, 3.8) is 0 Å². The molecule has 8 heteroatoms. The Kier molecular flexibility index (Phi) is 8.19. The van der Waals surface area contributed by atoms with Gasteiger partial charge in [-0.2, -0.15) is 5.10 Å². The first kappa shape index (κ1) is 28.1.